The second kappa shape index (κ2) is 7.98. The van der Waals surface area contributed by atoms with Gasteiger partial charge in [-0.1, -0.05) is 11.8 Å². The van der Waals surface area contributed by atoms with E-state index in [1.807, 2.05) is 25.1 Å². The molecule has 0 aliphatic rings. The molecule has 0 atom stereocenters. The number of nitrogens with zero attached hydrogens (tertiary/aromatic N) is 3. The molecule has 0 aliphatic carbocycles. The first-order chi connectivity index (χ1) is 13.2. The molecule has 0 fully saturated rings. The molecule has 3 aromatic heterocycles. The zero-order valence-electron chi connectivity index (χ0n) is 15.3. The monoisotopic (exact) mass is 383 g/mol. The Hall–Kier alpha value is -2.58. The van der Waals surface area contributed by atoms with Crippen LogP contribution in [0.5, 0.6) is 5.75 Å². The summed E-state index contributed by atoms with van der Waals surface area (Å²) in [6, 6.07) is 5.93. The molecule has 0 saturated carbocycles. The maximum absolute atomic E-state index is 5.85. The van der Waals surface area contributed by atoms with Crippen molar-refractivity contribution in [3.8, 4) is 5.75 Å². The first-order valence-electron chi connectivity index (χ1n) is 8.76. The van der Waals surface area contributed by atoms with Gasteiger partial charge in [-0.25, -0.2) is 9.97 Å². The van der Waals surface area contributed by atoms with Crippen LogP contribution in [0.25, 0.3) is 22.1 Å². The second-order valence-corrected chi connectivity index (χ2v) is 7.16. The molecule has 2 N–H and O–H groups in total. The summed E-state index contributed by atoms with van der Waals surface area (Å²) in [6.07, 6.45) is 4.35. The van der Waals surface area contributed by atoms with Gasteiger partial charge in [-0.2, -0.15) is 0 Å². The molecule has 0 amide bonds. The zero-order chi connectivity index (χ0) is 18.6. The van der Waals surface area contributed by atoms with Gasteiger partial charge < -0.3 is 19.4 Å². The summed E-state index contributed by atoms with van der Waals surface area (Å²) in [6.45, 7) is 3.38. The molecular weight excluding hydrogens is 362 g/mol. The van der Waals surface area contributed by atoms with Crippen molar-refractivity contribution in [2.45, 2.75) is 24.3 Å². The maximum atomic E-state index is 5.85. The topological polar surface area (TPSA) is 88.7 Å². The van der Waals surface area contributed by atoms with Crippen molar-refractivity contribution < 1.29 is 9.47 Å². The van der Waals surface area contributed by atoms with Gasteiger partial charge in [-0.3, -0.25) is 4.98 Å². The number of benzene rings is 1. The molecule has 3 heterocycles. The van der Waals surface area contributed by atoms with Gasteiger partial charge in [0.05, 0.1) is 40.7 Å². The predicted molar refractivity (Wildman–Crippen MR) is 106 cm³/mol. The van der Waals surface area contributed by atoms with Gasteiger partial charge in [0.25, 0.3) is 0 Å². The molecule has 0 aliphatic heterocycles. The van der Waals surface area contributed by atoms with E-state index < -0.39 is 0 Å². The van der Waals surface area contributed by atoms with Gasteiger partial charge >= 0.3 is 0 Å². The van der Waals surface area contributed by atoms with Crippen LogP contribution in [0.1, 0.15) is 17.7 Å². The molecule has 1 aromatic carbocycles. The highest BCUT2D eigenvalue weighted by atomic mass is 32.2. The van der Waals surface area contributed by atoms with E-state index in [0.29, 0.717) is 13.2 Å². The zero-order valence-corrected chi connectivity index (χ0v) is 16.1. The predicted octanol–water partition coefficient (Wildman–Crippen LogP) is 3.85. The number of thioether (sulfide) groups is 1. The lowest BCUT2D eigenvalue weighted by molar-refractivity contribution is 0.172. The van der Waals surface area contributed by atoms with Crippen LogP contribution in [-0.4, -0.2) is 45.2 Å². The van der Waals surface area contributed by atoms with Gasteiger partial charge in [-0.15, -0.1) is 0 Å². The number of rotatable bonds is 8. The van der Waals surface area contributed by atoms with Crippen LogP contribution < -0.4 is 4.74 Å². The van der Waals surface area contributed by atoms with E-state index in [0.717, 1.165) is 56.4 Å². The highest BCUT2D eigenvalue weighted by Gasteiger charge is 2.10. The van der Waals surface area contributed by atoms with Crippen LogP contribution in [0.15, 0.2) is 35.9 Å². The summed E-state index contributed by atoms with van der Waals surface area (Å²) in [5, 5.41) is 0.866. The summed E-state index contributed by atoms with van der Waals surface area (Å²) in [4.78, 5) is 19.9. The number of aromatic nitrogens is 5. The summed E-state index contributed by atoms with van der Waals surface area (Å²) in [7, 11) is 1.70. The van der Waals surface area contributed by atoms with E-state index in [1.165, 1.54) is 0 Å². The van der Waals surface area contributed by atoms with E-state index in [9.17, 15) is 0 Å². The number of methoxy groups -OCH3 is 1. The summed E-state index contributed by atoms with van der Waals surface area (Å²) in [5.74, 6) is 1.60. The lowest BCUT2D eigenvalue weighted by atomic mass is 10.2. The summed E-state index contributed by atoms with van der Waals surface area (Å²) >= 11 is 1.63. The van der Waals surface area contributed by atoms with Crippen molar-refractivity contribution in [1.82, 2.24) is 24.9 Å². The van der Waals surface area contributed by atoms with Crippen LogP contribution in [0, 0.1) is 6.92 Å². The van der Waals surface area contributed by atoms with E-state index in [4.69, 9.17) is 9.47 Å². The van der Waals surface area contributed by atoms with Gasteiger partial charge in [0.1, 0.15) is 5.75 Å². The van der Waals surface area contributed by atoms with E-state index >= 15 is 0 Å². The summed E-state index contributed by atoms with van der Waals surface area (Å²) < 4.78 is 10.9. The number of imidazole rings is 2. The molecule has 140 valence electrons. The van der Waals surface area contributed by atoms with Crippen molar-refractivity contribution >= 4 is 33.8 Å². The lowest BCUT2D eigenvalue weighted by Crippen LogP contribution is -2.04. The average Bonchev–Trinajstić information content (AvgIpc) is 3.28. The molecule has 4 rings (SSSR count). The van der Waals surface area contributed by atoms with Crippen LogP contribution in [0.4, 0.5) is 0 Å². The van der Waals surface area contributed by atoms with Crippen molar-refractivity contribution in [1.29, 1.82) is 0 Å². The standard InChI is InChI=1S/C19H21N5O2S/c1-12-17(20-5-4-18(12)26-7-3-6-25-2)10-27-19-23-15-8-13-14(22-11-21-13)9-16(15)24-19/h4-5,8-9,11H,3,6-7,10H2,1-2H3,(H,21,22)(H,23,24). The normalized spacial score (nSPS) is 11.5. The van der Waals surface area contributed by atoms with Crippen LogP contribution in [0.3, 0.4) is 0 Å². The Bertz CT molecular complexity index is 1010. The maximum Gasteiger partial charge on any atom is 0.166 e. The third-order valence-electron chi connectivity index (χ3n) is 4.36. The average molecular weight is 383 g/mol. The SMILES string of the molecule is COCCCOc1ccnc(CSc2nc3cc4[nH]cnc4cc3[nH]2)c1C. The second-order valence-electron chi connectivity index (χ2n) is 6.20. The fraction of sp³-hybridized carbons (Fsp3) is 0.316. The number of hydrogen-bond donors (Lipinski definition) is 2. The Morgan fingerprint density at radius 1 is 1.11 bits per heavy atom. The van der Waals surface area contributed by atoms with Crippen molar-refractivity contribution in [3.05, 3.63) is 42.0 Å². The number of fused-ring (bicyclic) bond motifs is 2. The molecule has 0 radical (unpaired) electrons. The fourth-order valence-corrected chi connectivity index (χ4v) is 3.78. The Kier molecular flexibility index (Phi) is 5.26. The molecule has 27 heavy (non-hydrogen) atoms. The van der Waals surface area contributed by atoms with Crippen LogP contribution in [-0.2, 0) is 10.5 Å². The Morgan fingerprint density at radius 2 is 2.00 bits per heavy atom. The largest absolute Gasteiger partial charge is 0.493 e. The highest BCUT2D eigenvalue weighted by molar-refractivity contribution is 7.98. The molecular formula is C19H21N5O2S. The lowest BCUT2D eigenvalue weighted by Gasteiger charge is -2.11. The minimum absolute atomic E-state index is 0.635. The first-order valence-corrected chi connectivity index (χ1v) is 9.75. The Labute approximate surface area is 160 Å². The van der Waals surface area contributed by atoms with E-state index in [-0.39, 0.29) is 0 Å². The van der Waals surface area contributed by atoms with Gasteiger partial charge in [-0.05, 0) is 25.1 Å². The third kappa shape index (κ3) is 3.91. The number of ether oxygens (including phenoxy) is 2. The van der Waals surface area contributed by atoms with Crippen LogP contribution in [0.2, 0.25) is 0 Å². The van der Waals surface area contributed by atoms with E-state index in [2.05, 4.69) is 24.9 Å². The van der Waals surface area contributed by atoms with Gasteiger partial charge in [0, 0.05) is 37.7 Å². The first kappa shape index (κ1) is 17.8. The van der Waals surface area contributed by atoms with Gasteiger partial charge in [0.15, 0.2) is 5.16 Å². The molecule has 0 saturated heterocycles. The van der Waals surface area contributed by atoms with E-state index in [1.54, 1.807) is 31.4 Å². The molecule has 0 bridgehead atoms. The minimum atomic E-state index is 0.635. The van der Waals surface area contributed by atoms with Crippen LogP contribution >= 0.6 is 11.8 Å². The number of aromatic amines is 2. The van der Waals surface area contributed by atoms with Crippen molar-refractivity contribution in [3.63, 3.8) is 0 Å². The van der Waals surface area contributed by atoms with Crippen molar-refractivity contribution in [2.24, 2.45) is 0 Å². The number of H-pyrrole nitrogens is 2. The Balaban J connectivity index is 1.45. The fourth-order valence-electron chi connectivity index (χ4n) is 2.87. The number of pyridine rings is 1. The quantitative estimate of drug-likeness (QED) is 0.355. The molecule has 0 spiro atoms. The highest BCUT2D eigenvalue weighted by Crippen LogP contribution is 2.28. The minimum Gasteiger partial charge on any atom is -0.493 e. The molecule has 7 nitrogen and oxygen atoms in total. The molecule has 8 heteroatoms. The molecule has 0 unspecified atom stereocenters. The smallest absolute Gasteiger partial charge is 0.166 e. The van der Waals surface area contributed by atoms with Crippen molar-refractivity contribution in [2.75, 3.05) is 20.3 Å². The Morgan fingerprint density at radius 3 is 2.89 bits per heavy atom. The third-order valence-corrected chi connectivity index (χ3v) is 5.24. The summed E-state index contributed by atoms with van der Waals surface area (Å²) in [5.41, 5.74) is 5.89. The number of nitrogens with one attached hydrogen (secondary N) is 2. The molecule has 4 aromatic rings. The van der Waals surface area contributed by atoms with Gasteiger partial charge in [0.2, 0.25) is 0 Å². The number of hydrogen-bond acceptors (Lipinski definition) is 6.